The van der Waals surface area contributed by atoms with Gasteiger partial charge in [0.05, 0.1) is 11.3 Å². The van der Waals surface area contributed by atoms with Crippen LogP contribution in [0.15, 0.2) is 18.2 Å². The maximum absolute atomic E-state index is 13.3. The van der Waals surface area contributed by atoms with Crippen molar-refractivity contribution in [3.63, 3.8) is 0 Å². The molecule has 2 saturated heterocycles. The summed E-state index contributed by atoms with van der Waals surface area (Å²) in [6.45, 7) is 9.71. The predicted octanol–water partition coefficient (Wildman–Crippen LogP) is 3.57. The molecule has 0 unspecified atom stereocenters. The molecule has 200 valence electrons. The fraction of sp³-hybridized carbons (Fsp3) is 0.643. The Morgan fingerprint density at radius 2 is 1.68 bits per heavy atom. The molecule has 0 aromatic heterocycles. The first kappa shape index (κ1) is 26.1. The number of nitrogens with zero attached hydrogens (tertiary/aromatic N) is 4. The quantitative estimate of drug-likeness (QED) is 0.262. The molecule has 1 aliphatic carbocycles. The van der Waals surface area contributed by atoms with Crippen LogP contribution in [0.1, 0.15) is 74.7 Å². The van der Waals surface area contributed by atoms with Crippen LogP contribution >= 0.6 is 12.2 Å². The molecule has 3 aliphatic heterocycles. The highest BCUT2D eigenvalue weighted by Crippen LogP contribution is 2.35. The molecular weight excluding hydrogens is 488 g/mol. The maximum Gasteiger partial charge on any atom is 0.338 e. The second-order valence-electron chi connectivity index (χ2n) is 11.3. The molecule has 5 rings (SSSR count). The van der Waals surface area contributed by atoms with E-state index in [0.717, 1.165) is 76.9 Å². The van der Waals surface area contributed by atoms with Gasteiger partial charge in [-0.1, -0.05) is 19.3 Å². The van der Waals surface area contributed by atoms with Crippen LogP contribution in [0, 0.1) is 5.92 Å². The van der Waals surface area contributed by atoms with Gasteiger partial charge in [0.2, 0.25) is 5.91 Å². The number of piperazine rings is 1. The Balaban J connectivity index is 1.03. The summed E-state index contributed by atoms with van der Waals surface area (Å²) in [6.07, 6.45) is 7.80. The van der Waals surface area contributed by atoms with E-state index >= 15 is 0 Å². The lowest BCUT2D eigenvalue weighted by Crippen LogP contribution is -2.49. The molecule has 0 N–H and O–H groups in total. The molecular formula is C28H38N4O4S. The van der Waals surface area contributed by atoms with Gasteiger partial charge in [0.25, 0.3) is 5.91 Å². The molecule has 1 saturated carbocycles. The Morgan fingerprint density at radius 3 is 2.38 bits per heavy atom. The molecule has 4 aliphatic rings. The van der Waals surface area contributed by atoms with Gasteiger partial charge in [0.1, 0.15) is 12.1 Å². The lowest BCUT2D eigenvalue weighted by atomic mass is 10.0. The predicted molar refractivity (Wildman–Crippen MR) is 145 cm³/mol. The number of benzene rings is 1. The molecule has 3 heterocycles. The Kier molecular flexibility index (Phi) is 7.54. The van der Waals surface area contributed by atoms with Crippen LogP contribution < -0.4 is 4.90 Å². The topological polar surface area (TPSA) is 73.4 Å². The molecule has 0 atom stereocenters. The molecule has 37 heavy (non-hydrogen) atoms. The molecule has 1 aromatic carbocycles. The molecule has 9 heteroatoms. The molecule has 2 amide bonds. The summed E-state index contributed by atoms with van der Waals surface area (Å²) in [5.74, 6) is 0.348. The SMILES string of the molecule is CC1(C)C(=O)N(c2ccc3c(c2)COC3=O)C(=S)N1CCCCCCCN1CCN(C(=O)C2CC2)CC1. The van der Waals surface area contributed by atoms with Crippen molar-refractivity contribution in [3.8, 4) is 0 Å². The van der Waals surface area contributed by atoms with Crippen LogP contribution in [-0.2, 0) is 20.9 Å². The van der Waals surface area contributed by atoms with Crippen LogP contribution in [0.25, 0.3) is 0 Å². The van der Waals surface area contributed by atoms with E-state index in [0.29, 0.717) is 28.2 Å². The number of cyclic esters (lactones) is 1. The number of carbonyl (C=O) groups excluding carboxylic acids is 3. The van der Waals surface area contributed by atoms with Crippen molar-refractivity contribution in [2.45, 2.75) is 70.9 Å². The summed E-state index contributed by atoms with van der Waals surface area (Å²) in [4.78, 5) is 45.5. The fourth-order valence-corrected chi connectivity index (χ4v) is 6.12. The molecule has 8 nitrogen and oxygen atoms in total. The van der Waals surface area contributed by atoms with Crippen LogP contribution in [0.2, 0.25) is 0 Å². The summed E-state index contributed by atoms with van der Waals surface area (Å²) in [5, 5.41) is 0.527. The number of carbonyl (C=O) groups is 3. The molecule has 1 aromatic rings. The largest absolute Gasteiger partial charge is 0.457 e. The molecule has 3 fully saturated rings. The van der Waals surface area contributed by atoms with Crippen LogP contribution in [-0.4, -0.2) is 82.4 Å². The monoisotopic (exact) mass is 526 g/mol. The first-order chi connectivity index (χ1) is 17.8. The van der Waals surface area contributed by atoms with E-state index in [1.165, 1.54) is 12.8 Å². The Labute approximate surface area is 224 Å². The third-order valence-corrected chi connectivity index (χ3v) is 8.62. The average Bonchev–Trinajstić information content (AvgIpc) is 3.65. The Bertz CT molecular complexity index is 1080. The number of hydrogen-bond acceptors (Lipinski definition) is 6. The van der Waals surface area contributed by atoms with Gasteiger partial charge in [-0.2, -0.15) is 0 Å². The van der Waals surface area contributed by atoms with Crippen LogP contribution in [0.4, 0.5) is 5.69 Å². The number of amides is 2. The smallest absolute Gasteiger partial charge is 0.338 e. The Morgan fingerprint density at radius 1 is 1.00 bits per heavy atom. The zero-order chi connectivity index (χ0) is 26.2. The normalized spacial score (nSPS) is 21.6. The first-order valence-electron chi connectivity index (χ1n) is 13.7. The van der Waals surface area contributed by atoms with Crippen molar-refractivity contribution in [2.24, 2.45) is 5.92 Å². The van der Waals surface area contributed by atoms with Gasteiger partial charge in [0.15, 0.2) is 5.11 Å². The lowest BCUT2D eigenvalue weighted by molar-refractivity contribution is -0.134. The number of unbranched alkanes of at least 4 members (excludes halogenated alkanes) is 4. The summed E-state index contributed by atoms with van der Waals surface area (Å²) >= 11 is 5.76. The van der Waals surface area contributed by atoms with Gasteiger partial charge < -0.3 is 14.5 Å². The van der Waals surface area contributed by atoms with E-state index in [9.17, 15) is 14.4 Å². The van der Waals surface area contributed by atoms with Crippen molar-refractivity contribution in [1.82, 2.24) is 14.7 Å². The molecule has 0 bridgehead atoms. The van der Waals surface area contributed by atoms with E-state index in [2.05, 4.69) is 9.80 Å². The Hall–Kier alpha value is -2.52. The second-order valence-corrected chi connectivity index (χ2v) is 11.6. The number of esters is 1. The molecule has 0 spiro atoms. The minimum Gasteiger partial charge on any atom is -0.457 e. The fourth-order valence-electron chi connectivity index (χ4n) is 5.61. The summed E-state index contributed by atoms with van der Waals surface area (Å²) < 4.78 is 5.10. The van der Waals surface area contributed by atoms with E-state index in [4.69, 9.17) is 17.0 Å². The first-order valence-corrected chi connectivity index (χ1v) is 14.2. The standard InChI is InChI=1S/C28H38N4O4S/c1-28(2)26(35)32(22-10-11-23-21(18-22)19-36-25(23)34)27(37)31(28)13-7-5-3-4-6-12-29-14-16-30(17-15-29)24(33)20-8-9-20/h10-11,18,20H,3-9,12-17,19H2,1-2H3. The number of rotatable bonds is 10. The van der Waals surface area contributed by atoms with E-state index in [-0.39, 0.29) is 18.5 Å². The average molecular weight is 527 g/mol. The van der Waals surface area contributed by atoms with Gasteiger partial charge in [-0.3, -0.25) is 19.4 Å². The summed E-state index contributed by atoms with van der Waals surface area (Å²) in [7, 11) is 0. The number of anilines is 1. The highest BCUT2D eigenvalue weighted by atomic mass is 32.1. The minimum atomic E-state index is -0.703. The van der Waals surface area contributed by atoms with E-state index < -0.39 is 5.54 Å². The third kappa shape index (κ3) is 5.39. The van der Waals surface area contributed by atoms with Gasteiger partial charge >= 0.3 is 5.97 Å². The van der Waals surface area contributed by atoms with Crippen molar-refractivity contribution in [3.05, 3.63) is 29.3 Å². The van der Waals surface area contributed by atoms with Gasteiger partial charge in [-0.05, 0) is 76.5 Å². The highest BCUT2D eigenvalue weighted by Gasteiger charge is 2.49. The molecule has 0 radical (unpaired) electrons. The van der Waals surface area contributed by atoms with Crippen molar-refractivity contribution >= 4 is 40.8 Å². The number of fused-ring (bicyclic) bond motifs is 1. The maximum atomic E-state index is 13.3. The summed E-state index contributed by atoms with van der Waals surface area (Å²) in [6, 6.07) is 5.34. The summed E-state index contributed by atoms with van der Waals surface area (Å²) in [5.41, 5.74) is 1.34. The zero-order valence-electron chi connectivity index (χ0n) is 22.0. The van der Waals surface area contributed by atoms with Crippen LogP contribution in [0.5, 0.6) is 0 Å². The third-order valence-electron chi connectivity index (χ3n) is 8.22. The lowest BCUT2D eigenvalue weighted by Gasteiger charge is -2.34. The van der Waals surface area contributed by atoms with Gasteiger partial charge in [-0.15, -0.1) is 0 Å². The van der Waals surface area contributed by atoms with Crippen LogP contribution in [0.3, 0.4) is 0 Å². The van der Waals surface area contributed by atoms with Crippen molar-refractivity contribution in [1.29, 1.82) is 0 Å². The van der Waals surface area contributed by atoms with E-state index in [1.807, 2.05) is 24.8 Å². The zero-order valence-corrected chi connectivity index (χ0v) is 22.9. The van der Waals surface area contributed by atoms with Gasteiger partial charge in [0, 0.05) is 44.2 Å². The second kappa shape index (κ2) is 10.7. The van der Waals surface area contributed by atoms with Crippen molar-refractivity contribution in [2.75, 3.05) is 44.2 Å². The highest BCUT2D eigenvalue weighted by molar-refractivity contribution is 7.80. The number of hydrogen-bond donors (Lipinski definition) is 0. The number of ether oxygens (including phenoxy) is 1. The van der Waals surface area contributed by atoms with Gasteiger partial charge in [-0.25, -0.2) is 4.79 Å². The van der Waals surface area contributed by atoms with E-state index in [1.54, 1.807) is 17.0 Å². The minimum absolute atomic E-state index is 0.0402. The van der Waals surface area contributed by atoms with Crippen molar-refractivity contribution < 1.29 is 19.1 Å². The number of thiocarbonyl (C=S) groups is 1.